The van der Waals surface area contributed by atoms with Gasteiger partial charge in [0, 0.05) is 17.6 Å². The predicted molar refractivity (Wildman–Crippen MR) is 102 cm³/mol. The largest absolute Gasteiger partial charge is 0.487 e. The lowest BCUT2D eigenvalue weighted by atomic mass is 10.1. The first-order chi connectivity index (χ1) is 13.1. The van der Waals surface area contributed by atoms with Crippen LogP contribution in [-0.2, 0) is 16.1 Å². The van der Waals surface area contributed by atoms with Crippen molar-refractivity contribution in [1.82, 2.24) is 4.98 Å². The summed E-state index contributed by atoms with van der Waals surface area (Å²) in [6, 6.07) is 9.22. The Balaban J connectivity index is 1.64. The summed E-state index contributed by atoms with van der Waals surface area (Å²) >= 11 is 1.59. The van der Waals surface area contributed by atoms with E-state index in [1.54, 1.807) is 23.5 Å². The molecule has 27 heavy (non-hydrogen) atoms. The lowest BCUT2D eigenvalue weighted by Gasteiger charge is -2.15. The molecule has 0 saturated carbocycles. The Bertz CT molecular complexity index is 870. The van der Waals surface area contributed by atoms with Gasteiger partial charge in [-0.3, -0.25) is 4.79 Å². The Hall–Kier alpha value is -2.64. The second-order valence-electron chi connectivity index (χ2n) is 5.93. The van der Waals surface area contributed by atoms with Gasteiger partial charge in [-0.05, 0) is 43.0 Å². The van der Waals surface area contributed by atoms with Crippen LogP contribution in [0.4, 0.5) is 0 Å². The van der Waals surface area contributed by atoms with E-state index in [4.69, 9.17) is 19.0 Å². The topological polar surface area (TPSA) is 81.8 Å². The molecule has 142 valence electrons. The highest BCUT2D eigenvalue weighted by molar-refractivity contribution is 7.08. The smallest absolute Gasteiger partial charge is 0.306 e. The lowest BCUT2D eigenvalue weighted by molar-refractivity contribution is -0.140. The summed E-state index contributed by atoms with van der Waals surface area (Å²) in [7, 11) is 0. The van der Waals surface area contributed by atoms with Gasteiger partial charge in [0.25, 0.3) is 0 Å². The predicted octanol–water partition coefficient (Wildman–Crippen LogP) is 4.84. The molecule has 0 saturated heterocycles. The minimum Gasteiger partial charge on any atom is -0.487 e. The number of ether oxygens (including phenoxy) is 2. The standard InChI is InChI=1S/C20H21NO5S/c1-3-24-18(10-19(22)23)14-4-6-16(7-5-14)25-11-17-13(2)26-20(21-17)15-8-9-27-12-15/h4-9,12,18H,3,10-11H2,1-2H3,(H,22,23). The van der Waals surface area contributed by atoms with Gasteiger partial charge in [-0.15, -0.1) is 0 Å². The molecule has 3 aromatic rings. The number of hydrogen-bond acceptors (Lipinski definition) is 6. The van der Waals surface area contributed by atoms with Gasteiger partial charge in [-0.25, -0.2) is 4.98 Å². The Morgan fingerprint density at radius 1 is 1.30 bits per heavy atom. The molecule has 7 heteroatoms. The third-order valence-electron chi connectivity index (χ3n) is 4.02. The van der Waals surface area contributed by atoms with Gasteiger partial charge in [-0.1, -0.05) is 12.1 Å². The number of rotatable bonds is 9. The van der Waals surface area contributed by atoms with Crippen molar-refractivity contribution in [1.29, 1.82) is 0 Å². The van der Waals surface area contributed by atoms with Crippen molar-refractivity contribution in [2.75, 3.05) is 6.61 Å². The van der Waals surface area contributed by atoms with Crippen LogP contribution >= 0.6 is 11.3 Å². The van der Waals surface area contributed by atoms with Gasteiger partial charge in [0.1, 0.15) is 23.8 Å². The van der Waals surface area contributed by atoms with Crippen molar-refractivity contribution in [3.05, 3.63) is 58.1 Å². The summed E-state index contributed by atoms with van der Waals surface area (Å²) < 4.78 is 17.0. The second-order valence-corrected chi connectivity index (χ2v) is 6.71. The number of aliphatic carboxylic acids is 1. The molecule has 1 N–H and O–H groups in total. The maximum absolute atomic E-state index is 11.0. The Kier molecular flexibility index (Phi) is 6.26. The molecule has 0 aliphatic carbocycles. The molecule has 0 aliphatic heterocycles. The molecule has 0 spiro atoms. The summed E-state index contributed by atoms with van der Waals surface area (Å²) in [5.74, 6) is 1.10. The third kappa shape index (κ3) is 4.96. The number of carbonyl (C=O) groups is 1. The zero-order valence-electron chi connectivity index (χ0n) is 15.2. The van der Waals surface area contributed by atoms with Gasteiger partial charge < -0.3 is 19.0 Å². The summed E-state index contributed by atoms with van der Waals surface area (Å²) in [6.45, 7) is 4.46. The van der Waals surface area contributed by atoms with Crippen LogP contribution in [0.1, 0.15) is 36.5 Å². The molecule has 2 heterocycles. The number of aryl methyl sites for hydroxylation is 1. The van der Waals surface area contributed by atoms with Gasteiger partial charge in [0.15, 0.2) is 0 Å². The zero-order valence-corrected chi connectivity index (χ0v) is 16.0. The summed E-state index contributed by atoms with van der Waals surface area (Å²) in [5.41, 5.74) is 2.52. The quantitative estimate of drug-likeness (QED) is 0.566. The minimum atomic E-state index is -0.892. The molecule has 0 aliphatic rings. The first kappa shape index (κ1) is 19.1. The van der Waals surface area contributed by atoms with E-state index in [1.807, 2.05) is 42.8 Å². The molecule has 1 atom stereocenters. The first-order valence-electron chi connectivity index (χ1n) is 8.61. The third-order valence-corrected chi connectivity index (χ3v) is 4.70. The molecule has 1 aromatic carbocycles. The van der Waals surface area contributed by atoms with Gasteiger partial charge in [0.05, 0.1) is 12.5 Å². The fraction of sp³-hybridized carbons (Fsp3) is 0.300. The van der Waals surface area contributed by atoms with Crippen molar-refractivity contribution < 1.29 is 23.8 Å². The normalized spacial score (nSPS) is 12.1. The second kappa shape index (κ2) is 8.83. The van der Waals surface area contributed by atoms with E-state index < -0.39 is 12.1 Å². The van der Waals surface area contributed by atoms with Crippen LogP contribution in [-0.4, -0.2) is 22.7 Å². The Labute approximate surface area is 161 Å². The molecule has 2 aromatic heterocycles. The van der Waals surface area contributed by atoms with E-state index >= 15 is 0 Å². The number of aromatic nitrogens is 1. The fourth-order valence-electron chi connectivity index (χ4n) is 2.63. The van der Waals surface area contributed by atoms with E-state index in [0.29, 0.717) is 24.9 Å². The van der Waals surface area contributed by atoms with E-state index in [-0.39, 0.29) is 6.42 Å². The van der Waals surface area contributed by atoms with Crippen LogP contribution in [0.5, 0.6) is 5.75 Å². The van der Waals surface area contributed by atoms with Crippen LogP contribution in [0.3, 0.4) is 0 Å². The van der Waals surface area contributed by atoms with E-state index in [0.717, 1.165) is 22.6 Å². The number of carboxylic acids is 1. The van der Waals surface area contributed by atoms with Crippen LogP contribution < -0.4 is 4.74 Å². The summed E-state index contributed by atoms with van der Waals surface area (Å²) in [4.78, 5) is 15.5. The average Bonchev–Trinajstić information content (AvgIpc) is 3.29. The molecule has 0 bridgehead atoms. The number of benzene rings is 1. The summed E-state index contributed by atoms with van der Waals surface area (Å²) in [5, 5.41) is 13.0. The van der Waals surface area contributed by atoms with Crippen LogP contribution in [0.2, 0.25) is 0 Å². The maximum Gasteiger partial charge on any atom is 0.306 e. The number of hydrogen-bond donors (Lipinski definition) is 1. The molecule has 3 rings (SSSR count). The molecular weight excluding hydrogens is 366 g/mol. The van der Waals surface area contributed by atoms with Crippen molar-refractivity contribution >= 4 is 17.3 Å². The molecule has 0 fully saturated rings. The monoisotopic (exact) mass is 387 g/mol. The highest BCUT2D eigenvalue weighted by Crippen LogP contribution is 2.26. The highest BCUT2D eigenvalue weighted by atomic mass is 32.1. The first-order valence-corrected chi connectivity index (χ1v) is 9.56. The number of carboxylic acid groups (broad SMARTS) is 1. The van der Waals surface area contributed by atoms with Gasteiger partial charge in [-0.2, -0.15) is 11.3 Å². The van der Waals surface area contributed by atoms with E-state index in [9.17, 15) is 4.79 Å². The molecule has 6 nitrogen and oxygen atoms in total. The van der Waals surface area contributed by atoms with Gasteiger partial charge in [0.2, 0.25) is 5.89 Å². The highest BCUT2D eigenvalue weighted by Gasteiger charge is 2.16. The molecule has 0 amide bonds. The maximum atomic E-state index is 11.0. The summed E-state index contributed by atoms with van der Waals surface area (Å²) in [6.07, 6.45) is -0.537. The lowest BCUT2D eigenvalue weighted by Crippen LogP contribution is -2.10. The van der Waals surface area contributed by atoms with E-state index in [2.05, 4.69) is 4.98 Å². The molecular formula is C20H21NO5S. The van der Waals surface area contributed by atoms with Gasteiger partial charge >= 0.3 is 5.97 Å². The number of oxazole rings is 1. The number of nitrogens with zero attached hydrogens (tertiary/aromatic N) is 1. The average molecular weight is 387 g/mol. The SMILES string of the molecule is CCOC(CC(=O)O)c1ccc(OCc2nc(-c3ccsc3)oc2C)cc1. The van der Waals surface area contributed by atoms with Crippen LogP contribution in [0.15, 0.2) is 45.5 Å². The van der Waals surface area contributed by atoms with Crippen molar-refractivity contribution in [2.45, 2.75) is 33.0 Å². The minimum absolute atomic E-state index is 0.0719. The zero-order chi connectivity index (χ0) is 19.2. The van der Waals surface area contributed by atoms with E-state index in [1.165, 1.54) is 0 Å². The van der Waals surface area contributed by atoms with Crippen molar-refractivity contribution in [3.63, 3.8) is 0 Å². The fourth-order valence-corrected chi connectivity index (χ4v) is 3.26. The van der Waals surface area contributed by atoms with Crippen molar-refractivity contribution in [3.8, 4) is 17.2 Å². The van der Waals surface area contributed by atoms with Crippen molar-refractivity contribution in [2.24, 2.45) is 0 Å². The Morgan fingerprint density at radius 3 is 2.70 bits per heavy atom. The molecule has 0 radical (unpaired) electrons. The Morgan fingerprint density at radius 2 is 2.07 bits per heavy atom. The van der Waals surface area contributed by atoms with Crippen LogP contribution in [0, 0.1) is 6.92 Å². The molecule has 1 unspecified atom stereocenters. The number of thiophene rings is 1. The van der Waals surface area contributed by atoms with Crippen LogP contribution in [0.25, 0.3) is 11.5 Å².